The van der Waals surface area contributed by atoms with Crippen molar-refractivity contribution in [2.24, 2.45) is 0 Å². The van der Waals surface area contributed by atoms with E-state index in [2.05, 4.69) is 0 Å². The fourth-order valence-electron chi connectivity index (χ4n) is 0.704. The molecule has 0 unspecified atom stereocenters. The molecule has 0 aromatic heterocycles. The van der Waals surface area contributed by atoms with Crippen molar-refractivity contribution in [3.05, 3.63) is 0 Å². The van der Waals surface area contributed by atoms with Gasteiger partial charge in [0.15, 0.2) is 0 Å². The number of amides is 2. The Kier molecular flexibility index (Phi) is 7.74. The van der Waals surface area contributed by atoms with Crippen molar-refractivity contribution in [1.29, 1.82) is 0 Å². The third-order valence-electron chi connectivity index (χ3n) is 1.38. The first kappa shape index (κ1) is 12.4. The molecule has 0 atom stereocenters. The first-order chi connectivity index (χ1) is 13.8. The summed E-state index contributed by atoms with van der Waals surface area (Å²) in [5.74, 6) is -2.65. The number of hydrogen-bond acceptors (Lipinski definition) is 8. The number of nitrogens with one attached hydrogen (secondary N) is 2. The summed E-state index contributed by atoms with van der Waals surface area (Å²) in [4.78, 5) is 21.6. The second-order valence-corrected chi connectivity index (χ2v) is 5.60. The van der Waals surface area contributed by atoms with Gasteiger partial charge < -0.3 is 19.7 Å². The Bertz CT molecular complexity index is 801. The molecule has 2 amide bonds. The summed E-state index contributed by atoms with van der Waals surface area (Å²) >= 11 is 0. The zero-order valence-corrected chi connectivity index (χ0v) is 15.5. The molecule has 0 aliphatic heterocycles. The summed E-state index contributed by atoms with van der Waals surface area (Å²) in [6.07, 6.45) is -1.61. The predicted molar refractivity (Wildman–Crippen MR) is 81.5 cm³/mol. The van der Waals surface area contributed by atoms with Gasteiger partial charge in [0.2, 0.25) is 11.8 Å². The summed E-state index contributed by atoms with van der Waals surface area (Å²) in [5, 5.41) is 3.61. The van der Waals surface area contributed by atoms with Crippen LogP contribution in [0.1, 0.15) is 40.3 Å². The molecular weight excluding hydrogens is 380 g/mol. The van der Waals surface area contributed by atoms with E-state index in [9.17, 15) is 35.5 Å². The van der Waals surface area contributed by atoms with Gasteiger partial charge in [-0.1, -0.05) is 0 Å². The van der Waals surface area contributed by atoms with Crippen molar-refractivity contribution in [1.82, 2.24) is 10.6 Å². The maximum absolute atomic E-state index is 10.8. The van der Waals surface area contributed by atoms with E-state index >= 15 is 0 Å². The van der Waals surface area contributed by atoms with Crippen LogP contribution in [0.5, 0.6) is 0 Å². The second kappa shape index (κ2) is 14.4. The molecule has 0 spiro atoms. The molecule has 13 heteroatoms. The molecule has 0 saturated heterocycles. The Morgan fingerprint density at radius 1 is 0.913 bits per heavy atom. The molecule has 0 fully saturated rings. The van der Waals surface area contributed by atoms with E-state index in [1.807, 2.05) is 0 Å². The normalized spacial score (nSPS) is 19.4. The summed E-state index contributed by atoms with van der Waals surface area (Å²) < 4.78 is 129. The standard InChI is InChI=1S/2C5H11NO4S.Ca/c2*1-5(7)6-3-2-4-11(8,9)10;/h2*2-4H2,1H3,(H,6,7)(H,8,9,10);/q;;+2/p-2/i2*1D3,4D2;. The Hall–Kier alpha value is 0.0197. The fourth-order valence-corrected chi connectivity index (χ4v) is 1.41. The molecule has 0 saturated carbocycles. The SMILES string of the molecule is [2H]C([2H])([2H])C(=O)NCCC([2H])([2H])S(=O)(=O)[O-].[2H]C([2H])([2H])C(=O)NCCC([2H])([2H])S(=O)(=O)[O-].[Ca+2]. The van der Waals surface area contributed by atoms with E-state index < -0.39 is 83.1 Å². The number of carbonyl (C=O) groups excluding carboxylic acids is 2. The van der Waals surface area contributed by atoms with Crippen LogP contribution in [-0.2, 0) is 29.8 Å². The Morgan fingerprint density at radius 2 is 1.22 bits per heavy atom. The molecule has 132 valence electrons. The van der Waals surface area contributed by atoms with Crippen LogP contribution in [0.4, 0.5) is 0 Å². The quantitative estimate of drug-likeness (QED) is 0.333. The molecule has 0 radical (unpaired) electrons. The predicted octanol–water partition coefficient (Wildman–Crippen LogP) is -2.27. The van der Waals surface area contributed by atoms with Crippen LogP contribution < -0.4 is 10.6 Å². The largest absolute Gasteiger partial charge is 2.00 e. The van der Waals surface area contributed by atoms with Crippen LogP contribution in [0.3, 0.4) is 0 Å². The van der Waals surface area contributed by atoms with Gasteiger partial charge in [-0.05, 0) is 12.8 Å². The van der Waals surface area contributed by atoms with Crippen LogP contribution in [0.25, 0.3) is 0 Å². The molecule has 23 heavy (non-hydrogen) atoms. The smallest absolute Gasteiger partial charge is 0.748 e. The molecular formula is C10H20CaN2O8S2. The second-order valence-electron chi connectivity index (χ2n) is 3.21. The van der Waals surface area contributed by atoms with Gasteiger partial charge in [-0.2, -0.15) is 0 Å². The van der Waals surface area contributed by atoms with Crippen LogP contribution >= 0.6 is 0 Å². The van der Waals surface area contributed by atoms with E-state index in [0.29, 0.717) is 0 Å². The van der Waals surface area contributed by atoms with Gasteiger partial charge >= 0.3 is 37.7 Å². The average Bonchev–Trinajstić information content (AvgIpc) is 2.50. The Balaban J connectivity index is -0.000000529. The van der Waals surface area contributed by atoms with Crippen molar-refractivity contribution >= 4 is 69.8 Å². The number of rotatable bonds is 8. The monoisotopic (exact) mass is 410 g/mol. The minimum atomic E-state index is -5.14. The fraction of sp³-hybridized carbons (Fsp3) is 0.800. The van der Waals surface area contributed by atoms with Gasteiger partial charge in [-0.25, -0.2) is 16.8 Å². The van der Waals surface area contributed by atoms with E-state index in [0.717, 1.165) is 0 Å². The minimum Gasteiger partial charge on any atom is -0.748 e. The zero-order chi connectivity index (χ0) is 26.4. The summed E-state index contributed by atoms with van der Waals surface area (Å²) in [6, 6.07) is 0. The van der Waals surface area contributed by atoms with Crippen molar-refractivity contribution in [3.63, 3.8) is 0 Å². The maximum atomic E-state index is 10.8. The Labute approximate surface area is 180 Å². The van der Waals surface area contributed by atoms with Crippen LogP contribution in [0, 0.1) is 0 Å². The molecule has 0 aliphatic rings. The van der Waals surface area contributed by atoms with Crippen molar-refractivity contribution < 1.29 is 49.2 Å². The third-order valence-corrected chi connectivity index (χ3v) is 2.49. The average molecular weight is 411 g/mol. The first-order valence-electron chi connectivity index (χ1n) is 10.2. The van der Waals surface area contributed by atoms with Crippen LogP contribution in [-0.4, -0.2) is 100.0 Å². The topological polar surface area (TPSA) is 173 Å². The summed E-state index contributed by atoms with van der Waals surface area (Å²) in [5.41, 5.74) is -6.07. The number of hydrogen-bond donors (Lipinski definition) is 2. The molecule has 0 aliphatic carbocycles. The van der Waals surface area contributed by atoms with E-state index in [1.165, 1.54) is 0 Å². The number of carbonyl (C=O) groups is 2. The van der Waals surface area contributed by atoms with Gasteiger partial charge in [-0.3, -0.25) is 9.59 Å². The minimum absolute atomic E-state index is 0. The van der Waals surface area contributed by atoms with E-state index in [4.69, 9.17) is 13.7 Å². The van der Waals surface area contributed by atoms with Crippen molar-refractivity contribution in [3.8, 4) is 0 Å². The van der Waals surface area contributed by atoms with Gasteiger partial charge in [0, 0.05) is 51.9 Å². The van der Waals surface area contributed by atoms with Crippen molar-refractivity contribution in [2.45, 2.75) is 26.5 Å². The molecule has 0 aromatic rings. The summed E-state index contributed by atoms with van der Waals surface area (Å²) in [6.45, 7) is -6.87. The van der Waals surface area contributed by atoms with Gasteiger partial charge in [0.25, 0.3) is 0 Å². The first-order valence-corrected chi connectivity index (χ1v) is 8.05. The molecule has 0 aromatic carbocycles. The zero-order valence-electron chi connectivity index (χ0n) is 21.6. The molecule has 2 N–H and O–H groups in total. The van der Waals surface area contributed by atoms with Crippen LogP contribution in [0.15, 0.2) is 0 Å². The van der Waals surface area contributed by atoms with Crippen LogP contribution in [0.2, 0.25) is 0 Å². The van der Waals surface area contributed by atoms with Gasteiger partial charge in [0.1, 0.15) is 0 Å². The van der Waals surface area contributed by atoms with Gasteiger partial charge in [0.05, 0.1) is 20.2 Å². The van der Waals surface area contributed by atoms with E-state index in [1.54, 1.807) is 10.6 Å². The summed E-state index contributed by atoms with van der Waals surface area (Å²) in [7, 11) is -10.3. The molecule has 0 heterocycles. The van der Waals surface area contributed by atoms with Crippen molar-refractivity contribution in [2.75, 3.05) is 24.5 Å². The Morgan fingerprint density at radius 3 is 1.43 bits per heavy atom. The van der Waals surface area contributed by atoms with Gasteiger partial charge in [-0.15, -0.1) is 0 Å². The molecule has 0 bridgehead atoms. The molecule has 10 nitrogen and oxygen atoms in total. The maximum Gasteiger partial charge on any atom is 2.00 e. The molecule has 0 rings (SSSR count). The third kappa shape index (κ3) is 34.4. The van der Waals surface area contributed by atoms with E-state index in [-0.39, 0.29) is 37.7 Å².